The number of esters is 1. The fourth-order valence-electron chi connectivity index (χ4n) is 1.77. The lowest BCUT2D eigenvalue weighted by molar-refractivity contribution is 0.0469. The Morgan fingerprint density at radius 3 is 2.62 bits per heavy atom. The van der Waals surface area contributed by atoms with E-state index in [4.69, 9.17) is 15.2 Å². The Balaban J connectivity index is 2.05. The Morgan fingerprint density at radius 1 is 1.24 bits per heavy atom. The molecule has 0 unspecified atom stereocenters. The molecule has 110 valence electrons. The number of aryl methyl sites for hydroxylation is 1. The third-order valence-electron chi connectivity index (χ3n) is 3.13. The van der Waals surface area contributed by atoms with Crippen molar-refractivity contribution in [1.29, 1.82) is 0 Å². The molecule has 0 bridgehead atoms. The van der Waals surface area contributed by atoms with Crippen molar-refractivity contribution in [1.82, 2.24) is 0 Å². The van der Waals surface area contributed by atoms with Gasteiger partial charge in [0.25, 0.3) is 0 Å². The van der Waals surface area contributed by atoms with E-state index in [0.29, 0.717) is 17.0 Å². The fraction of sp³-hybridized carbons (Fsp3) is 0.188. The van der Waals surface area contributed by atoms with Gasteiger partial charge in [0, 0.05) is 17.3 Å². The van der Waals surface area contributed by atoms with Crippen LogP contribution in [-0.4, -0.2) is 13.1 Å². The summed E-state index contributed by atoms with van der Waals surface area (Å²) in [6, 6.07) is 9.27. The summed E-state index contributed by atoms with van der Waals surface area (Å²) in [4.78, 5) is 11.9. The highest BCUT2D eigenvalue weighted by atomic mass is 19.1. The van der Waals surface area contributed by atoms with Gasteiger partial charge in [-0.1, -0.05) is 6.07 Å². The third-order valence-corrected chi connectivity index (χ3v) is 3.13. The van der Waals surface area contributed by atoms with Crippen molar-refractivity contribution in [2.24, 2.45) is 0 Å². The van der Waals surface area contributed by atoms with Crippen LogP contribution < -0.4 is 10.5 Å². The molecule has 5 heteroatoms. The van der Waals surface area contributed by atoms with Crippen molar-refractivity contribution in [3.63, 3.8) is 0 Å². The van der Waals surface area contributed by atoms with Gasteiger partial charge in [-0.3, -0.25) is 0 Å². The largest absolute Gasteiger partial charge is 0.497 e. The molecule has 2 aromatic rings. The zero-order valence-electron chi connectivity index (χ0n) is 11.9. The van der Waals surface area contributed by atoms with Crippen LogP contribution in [0.3, 0.4) is 0 Å². The van der Waals surface area contributed by atoms with Crippen LogP contribution in [0.4, 0.5) is 10.1 Å². The number of anilines is 1. The molecule has 0 amide bonds. The Labute approximate surface area is 122 Å². The minimum atomic E-state index is -0.545. The summed E-state index contributed by atoms with van der Waals surface area (Å²) in [6.07, 6.45) is 0. The highest BCUT2D eigenvalue weighted by Crippen LogP contribution is 2.18. The average molecular weight is 289 g/mol. The summed E-state index contributed by atoms with van der Waals surface area (Å²) in [5.74, 6) is -0.614. The standard InChI is InChI=1S/C16H16FNO3/c1-10-3-4-11(7-15(10)18)16(19)21-9-12-5-6-13(20-2)8-14(12)17/h3-8H,9,18H2,1-2H3. The summed E-state index contributed by atoms with van der Waals surface area (Å²) in [7, 11) is 1.45. The van der Waals surface area contributed by atoms with Gasteiger partial charge in [-0.15, -0.1) is 0 Å². The van der Waals surface area contributed by atoms with E-state index in [1.807, 2.05) is 6.92 Å². The first-order valence-corrected chi connectivity index (χ1v) is 6.37. The van der Waals surface area contributed by atoms with Crippen LogP contribution in [0.25, 0.3) is 0 Å². The number of carbonyl (C=O) groups is 1. The second-order valence-corrected chi connectivity index (χ2v) is 4.60. The van der Waals surface area contributed by atoms with Gasteiger partial charge in [-0.25, -0.2) is 9.18 Å². The van der Waals surface area contributed by atoms with Crippen molar-refractivity contribution in [2.45, 2.75) is 13.5 Å². The second kappa shape index (κ2) is 6.26. The lowest BCUT2D eigenvalue weighted by Gasteiger charge is -2.08. The van der Waals surface area contributed by atoms with Crippen molar-refractivity contribution < 1.29 is 18.7 Å². The number of carbonyl (C=O) groups excluding carboxylic acids is 1. The summed E-state index contributed by atoms with van der Waals surface area (Å²) < 4.78 is 23.7. The maximum atomic E-state index is 13.7. The number of nitrogen functional groups attached to an aromatic ring is 1. The Bertz CT molecular complexity index is 671. The molecular formula is C16H16FNO3. The summed E-state index contributed by atoms with van der Waals surface area (Å²) in [6.45, 7) is 1.69. The van der Waals surface area contributed by atoms with Gasteiger partial charge in [0.05, 0.1) is 12.7 Å². The van der Waals surface area contributed by atoms with E-state index in [2.05, 4.69) is 0 Å². The van der Waals surface area contributed by atoms with E-state index in [1.165, 1.54) is 19.2 Å². The molecule has 4 nitrogen and oxygen atoms in total. The molecule has 0 aliphatic rings. The number of ether oxygens (including phenoxy) is 2. The summed E-state index contributed by atoms with van der Waals surface area (Å²) in [5.41, 5.74) is 7.76. The zero-order chi connectivity index (χ0) is 15.4. The maximum Gasteiger partial charge on any atom is 0.338 e. The monoisotopic (exact) mass is 289 g/mol. The molecule has 0 spiro atoms. The first kappa shape index (κ1) is 14.8. The smallest absolute Gasteiger partial charge is 0.338 e. The van der Waals surface area contributed by atoms with Gasteiger partial charge in [-0.2, -0.15) is 0 Å². The van der Waals surface area contributed by atoms with Crippen molar-refractivity contribution in [2.75, 3.05) is 12.8 Å². The molecule has 0 heterocycles. The minimum absolute atomic E-state index is 0.150. The molecule has 0 saturated carbocycles. The molecule has 0 aromatic heterocycles. The Kier molecular flexibility index (Phi) is 4.42. The number of benzene rings is 2. The van der Waals surface area contributed by atoms with Crippen molar-refractivity contribution in [3.05, 3.63) is 58.9 Å². The van der Waals surface area contributed by atoms with Gasteiger partial charge in [0.2, 0.25) is 0 Å². The highest BCUT2D eigenvalue weighted by molar-refractivity contribution is 5.90. The topological polar surface area (TPSA) is 61.5 Å². The van der Waals surface area contributed by atoms with Gasteiger partial charge < -0.3 is 15.2 Å². The fourth-order valence-corrected chi connectivity index (χ4v) is 1.77. The quantitative estimate of drug-likeness (QED) is 0.694. The lowest BCUT2D eigenvalue weighted by atomic mass is 10.1. The van der Waals surface area contributed by atoms with Crippen LogP contribution in [0.1, 0.15) is 21.5 Å². The minimum Gasteiger partial charge on any atom is -0.497 e. The van der Waals surface area contributed by atoms with E-state index in [1.54, 1.807) is 24.3 Å². The predicted octanol–water partition coefficient (Wildman–Crippen LogP) is 3.08. The average Bonchev–Trinajstić information content (AvgIpc) is 2.48. The van der Waals surface area contributed by atoms with Gasteiger partial charge in [-0.05, 0) is 36.8 Å². The molecule has 2 rings (SSSR count). The van der Waals surface area contributed by atoms with Crippen LogP contribution >= 0.6 is 0 Å². The third kappa shape index (κ3) is 3.51. The molecular weight excluding hydrogens is 273 g/mol. The molecule has 0 aliphatic heterocycles. The van der Waals surface area contributed by atoms with Gasteiger partial charge >= 0.3 is 5.97 Å². The van der Waals surface area contributed by atoms with E-state index < -0.39 is 11.8 Å². The molecule has 21 heavy (non-hydrogen) atoms. The number of methoxy groups -OCH3 is 1. The summed E-state index contributed by atoms with van der Waals surface area (Å²) >= 11 is 0. The van der Waals surface area contributed by atoms with Crippen LogP contribution in [-0.2, 0) is 11.3 Å². The molecule has 0 radical (unpaired) electrons. The SMILES string of the molecule is COc1ccc(COC(=O)c2ccc(C)c(N)c2)c(F)c1. The van der Waals surface area contributed by atoms with Crippen molar-refractivity contribution in [3.8, 4) is 5.75 Å². The van der Waals surface area contributed by atoms with Crippen LogP contribution in [0, 0.1) is 12.7 Å². The van der Waals surface area contributed by atoms with Crippen molar-refractivity contribution >= 4 is 11.7 Å². The molecule has 0 aliphatic carbocycles. The highest BCUT2D eigenvalue weighted by Gasteiger charge is 2.11. The van der Waals surface area contributed by atoms with Crippen LogP contribution in [0.2, 0.25) is 0 Å². The Hall–Kier alpha value is -2.56. The zero-order valence-corrected chi connectivity index (χ0v) is 11.9. The van der Waals surface area contributed by atoms with Crippen LogP contribution in [0.5, 0.6) is 5.75 Å². The first-order valence-electron chi connectivity index (χ1n) is 6.37. The summed E-state index contributed by atoms with van der Waals surface area (Å²) in [5, 5.41) is 0. The molecule has 0 saturated heterocycles. The van der Waals surface area contributed by atoms with E-state index >= 15 is 0 Å². The maximum absolute atomic E-state index is 13.7. The van der Waals surface area contributed by atoms with Gasteiger partial charge in [0.15, 0.2) is 0 Å². The number of rotatable bonds is 4. The van der Waals surface area contributed by atoms with E-state index in [-0.39, 0.29) is 12.2 Å². The lowest BCUT2D eigenvalue weighted by Crippen LogP contribution is -2.07. The van der Waals surface area contributed by atoms with E-state index in [0.717, 1.165) is 5.56 Å². The molecule has 2 aromatic carbocycles. The number of hydrogen-bond donors (Lipinski definition) is 1. The number of halogens is 1. The predicted molar refractivity (Wildman–Crippen MR) is 77.7 cm³/mol. The molecule has 0 fully saturated rings. The first-order chi connectivity index (χ1) is 10.0. The number of nitrogens with two attached hydrogens (primary N) is 1. The Morgan fingerprint density at radius 2 is 2.00 bits per heavy atom. The number of hydrogen-bond acceptors (Lipinski definition) is 4. The molecule has 2 N–H and O–H groups in total. The second-order valence-electron chi connectivity index (χ2n) is 4.60. The van der Waals surface area contributed by atoms with Crippen LogP contribution in [0.15, 0.2) is 36.4 Å². The normalized spacial score (nSPS) is 10.2. The van der Waals surface area contributed by atoms with E-state index in [9.17, 15) is 9.18 Å². The molecule has 0 atom stereocenters. The van der Waals surface area contributed by atoms with Gasteiger partial charge in [0.1, 0.15) is 18.2 Å².